The van der Waals surface area contributed by atoms with Gasteiger partial charge in [0, 0.05) is 25.2 Å². The second-order valence-electron chi connectivity index (χ2n) is 6.64. The van der Waals surface area contributed by atoms with Gasteiger partial charge in [-0.1, -0.05) is 0 Å². The van der Waals surface area contributed by atoms with Crippen LogP contribution in [0.5, 0.6) is 0 Å². The van der Waals surface area contributed by atoms with Crippen LogP contribution in [0.15, 0.2) is 22.6 Å². The van der Waals surface area contributed by atoms with Crippen molar-refractivity contribution >= 4 is 17.9 Å². The van der Waals surface area contributed by atoms with E-state index in [-0.39, 0.29) is 17.9 Å². The monoisotopic (exact) mass is 331 g/mol. The second-order valence-corrected chi connectivity index (χ2v) is 6.64. The van der Waals surface area contributed by atoms with Crippen LogP contribution in [0.3, 0.4) is 0 Å². The SMILES string of the molecule is Cc1ccc(/C=C\C(=O)N2CCC(N3CCC[C@H]3C(N)=O)CC2)o1. The highest BCUT2D eigenvalue weighted by Crippen LogP contribution is 2.26. The molecule has 0 spiro atoms. The smallest absolute Gasteiger partial charge is 0.246 e. The fourth-order valence-electron chi connectivity index (χ4n) is 3.75. The molecule has 1 aromatic rings. The van der Waals surface area contributed by atoms with E-state index in [4.69, 9.17) is 10.2 Å². The summed E-state index contributed by atoms with van der Waals surface area (Å²) >= 11 is 0. The largest absolute Gasteiger partial charge is 0.462 e. The van der Waals surface area contributed by atoms with Crippen molar-refractivity contribution in [2.75, 3.05) is 19.6 Å². The van der Waals surface area contributed by atoms with E-state index in [2.05, 4.69) is 4.90 Å². The molecule has 6 nitrogen and oxygen atoms in total. The molecule has 3 rings (SSSR count). The topological polar surface area (TPSA) is 79.8 Å². The number of likely N-dealkylation sites (tertiary alicyclic amines) is 2. The quantitative estimate of drug-likeness (QED) is 0.849. The van der Waals surface area contributed by atoms with Gasteiger partial charge in [0.15, 0.2) is 0 Å². The molecule has 0 bridgehead atoms. The lowest BCUT2D eigenvalue weighted by Gasteiger charge is -2.38. The molecule has 130 valence electrons. The lowest BCUT2D eigenvalue weighted by atomic mass is 10.0. The van der Waals surface area contributed by atoms with Gasteiger partial charge >= 0.3 is 0 Å². The van der Waals surface area contributed by atoms with Crippen molar-refractivity contribution in [3.8, 4) is 0 Å². The summed E-state index contributed by atoms with van der Waals surface area (Å²) in [6, 6.07) is 3.95. The van der Waals surface area contributed by atoms with Crippen molar-refractivity contribution in [1.29, 1.82) is 0 Å². The zero-order valence-electron chi connectivity index (χ0n) is 14.1. The number of nitrogens with zero attached hydrogens (tertiary/aromatic N) is 2. The molecule has 1 aromatic heterocycles. The van der Waals surface area contributed by atoms with Gasteiger partial charge in [0.1, 0.15) is 11.5 Å². The number of hydrogen-bond acceptors (Lipinski definition) is 4. The molecule has 6 heteroatoms. The summed E-state index contributed by atoms with van der Waals surface area (Å²) in [6.45, 7) is 4.24. The van der Waals surface area contributed by atoms with Crippen molar-refractivity contribution in [2.45, 2.75) is 44.7 Å². The number of furan rings is 1. The Labute approximate surface area is 142 Å². The summed E-state index contributed by atoms with van der Waals surface area (Å²) in [7, 11) is 0. The highest BCUT2D eigenvalue weighted by Gasteiger charge is 2.36. The lowest BCUT2D eigenvalue weighted by molar-refractivity contribution is -0.129. The molecule has 1 atom stereocenters. The van der Waals surface area contributed by atoms with E-state index in [1.807, 2.05) is 24.0 Å². The van der Waals surface area contributed by atoms with Crippen LogP contribution in [-0.4, -0.2) is 53.3 Å². The first-order chi connectivity index (χ1) is 11.5. The average molecular weight is 331 g/mol. The summed E-state index contributed by atoms with van der Waals surface area (Å²) in [5.41, 5.74) is 5.50. The predicted octanol–water partition coefficient (Wildman–Crippen LogP) is 1.54. The highest BCUT2D eigenvalue weighted by molar-refractivity contribution is 5.91. The molecule has 24 heavy (non-hydrogen) atoms. The third kappa shape index (κ3) is 3.70. The van der Waals surface area contributed by atoms with Gasteiger partial charge in [-0.25, -0.2) is 0 Å². The van der Waals surface area contributed by atoms with Gasteiger partial charge in [-0.15, -0.1) is 0 Å². The summed E-state index contributed by atoms with van der Waals surface area (Å²) in [5.74, 6) is 1.31. The van der Waals surface area contributed by atoms with Crippen molar-refractivity contribution in [1.82, 2.24) is 9.80 Å². The first-order valence-electron chi connectivity index (χ1n) is 8.63. The summed E-state index contributed by atoms with van der Waals surface area (Å²) in [6.07, 6.45) is 6.95. The minimum absolute atomic E-state index is 0.00961. The number of rotatable bonds is 4. The van der Waals surface area contributed by atoms with Crippen molar-refractivity contribution in [2.24, 2.45) is 5.73 Å². The maximum Gasteiger partial charge on any atom is 0.246 e. The number of carbonyl (C=O) groups is 2. The molecular weight excluding hydrogens is 306 g/mol. The van der Waals surface area contributed by atoms with E-state index >= 15 is 0 Å². The number of hydrogen-bond donors (Lipinski definition) is 1. The Morgan fingerprint density at radius 1 is 1.21 bits per heavy atom. The lowest BCUT2D eigenvalue weighted by Crippen LogP contribution is -2.51. The molecule has 2 aliphatic heterocycles. The Balaban J connectivity index is 1.52. The number of primary amides is 1. The van der Waals surface area contributed by atoms with Gasteiger partial charge in [0.25, 0.3) is 0 Å². The molecule has 0 radical (unpaired) electrons. The molecule has 0 unspecified atom stereocenters. The Kier molecular flexibility index (Phi) is 5.04. The van der Waals surface area contributed by atoms with Crippen LogP contribution in [0.2, 0.25) is 0 Å². The van der Waals surface area contributed by atoms with E-state index in [0.29, 0.717) is 24.9 Å². The molecule has 0 aromatic carbocycles. The number of piperidine rings is 1. The number of aryl methyl sites for hydroxylation is 1. The molecule has 2 amide bonds. The first-order valence-corrected chi connectivity index (χ1v) is 8.63. The van der Waals surface area contributed by atoms with Crippen LogP contribution in [0.1, 0.15) is 37.2 Å². The van der Waals surface area contributed by atoms with E-state index in [9.17, 15) is 9.59 Å². The maximum absolute atomic E-state index is 12.3. The number of nitrogens with two attached hydrogens (primary N) is 1. The van der Waals surface area contributed by atoms with Crippen LogP contribution >= 0.6 is 0 Å². The normalized spacial score (nSPS) is 23.2. The molecule has 2 saturated heterocycles. The standard InChI is InChI=1S/C18H25N3O3/c1-13-4-5-15(24-13)6-7-17(22)20-11-8-14(9-12-20)21-10-2-3-16(21)18(19)23/h4-7,14,16H,2-3,8-12H2,1H3,(H2,19,23)/b7-6-/t16-/m0/s1. The Morgan fingerprint density at radius 3 is 2.58 bits per heavy atom. The maximum atomic E-state index is 12.3. The number of carbonyl (C=O) groups excluding carboxylic acids is 2. The number of amides is 2. The van der Waals surface area contributed by atoms with E-state index in [1.165, 1.54) is 0 Å². The zero-order chi connectivity index (χ0) is 17.1. The molecule has 2 aliphatic rings. The average Bonchev–Trinajstić information content (AvgIpc) is 3.21. The molecule has 2 N–H and O–H groups in total. The predicted molar refractivity (Wildman–Crippen MR) is 91.0 cm³/mol. The minimum atomic E-state index is -0.220. The highest BCUT2D eigenvalue weighted by atomic mass is 16.3. The molecule has 0 saturated carbocycles. The fraction of sp³-hybridized carbons (Fsp3) is 0.556. The van der Waals surface area contributed by atoms with Gasteiger partial charge < -0.3 is 15.1 Å². The Bertz CT molecular complexity index is 629. The van der Waals surface area contributed by atoms with Gasteiger partial charge in [0.05, 0.1) is 6.04 Å². The summed E-state index contributed by atoms with van der Waals surface area (Å²) in [4.78, 5) is 27.9. The van der Waals surface area contributed by atoms with E-state index in [1.54, 1.807) is 12.2 Å². The second kappa shape index (κ2) is 7.21. The fourth-order valence-corrected chi connectivity index (χ4v) is 3.75. The van der Waals surface area contributed by atoms with Gasteiger partial charge in [0.2, 0.25) is 11.8 Å². The van der Waals surface area contributed by atoms with Crippen LogP contribution in [-0.2, 0) is 9.59 Å². The van der Waals surface area contributed by atoms with Crippen LogP contribution in [0.4, 0.5) is 0 Å². The Hall–Kier alpha value is -2.08. The van der Waals surface area contributed by atoms with Gasteiger partial charge in [-0.05, 0) is 57.4 Å². The van der Waals surface area contributed by atoms with Gasteiger partial charge in [-0.2, -0.15) is 0 Å². The van der Waals surface area contributed by atoms with Crippen molar-refractivity contribution < 1.29 is 14.0 Å². The van der Waals surface area contributed by atoms with Crippen LogP contribution in [0.25, 0.3) is 6.08 Å². The summed E-state index contributed by atoms with van der Waals surface area (Å²) in [5, 5.41) is 0. The third-order valence-electron chi connectivity index (χ3n) is 5.02. The van der Waals surface area contributed by atoms with Gasteiger partial charge in [-0.3, -0.25) is 14.5 Å². The van der Waals surface area contributed by atoms with Crippen molar-refractivity contribution in [3.63, 3.8) is 0 Å². The molecule has 0 aliphatic carbocycles. The summed E-state index contributed by atoms with van der Waals surface area (Å²) < 4.78 is 5.43. The zero-order valence-corrected chi connectivity index (χ0v) is 14.1. The molecule has 3 heterocycles. The Morgan fingerprint density at radius 2 is 1.96 bits per heavy atom. The third-order valence-corrected chi connectivity index (χ3v) is 5.02. The van der Waals surface area contributed by atoms with Crippen LogP contribution in [0, 0.1) is 6.92 Å². The minimum Gasteiger partial charge on any atom is -0.462 e. The van der Waals surface area contributed by atoms with Crippen molar-refractivity contribution in [3.05, 3.63) is 29.7 Å². The van der Waals surface area contributed by atoms with E-state index in [0.717, 1.165) is 38.0 Å². The molecule has 2 fully saturated rings. The first kappa shape index (κ1) is 16.8. The van der Waals surface area contributed by atoms with Crippen LogP contribution < -0.4 is 5.73 Å². The molecular formula is C18H25N3O3. The van der Waals surface area contributed by atoms with E-state index < -0.39 is 0 Å².